The molecule has 2 aromatic rings. The Hall–Kier alpha value is -1.65. The Morgan fingerprint density at radius 1 is 1.00 bits per heavy atom. The van der Waals surface area contributed by atoms with Crippen molar-refractivity contribution in [3.8, 4) is 0 Å². The highest BCUT2D eigenvalue weighted by atomic mass is 127. The molecule has 166 valence electrons. The molecule has 0 radical (unpaired) electrons. The average molecular weight is 525 g/mol. The number of halogens is 1. The number of nitrogens with zero attached hydrogens (tertiary/aromatic N) is 5. The van der Waals surface area contributed by atoms with Gasteiger partial charge in [0.25, 0.3) is 0 Å². The van der Waals surface area contributed by atoms with Crippen molar-refractivity contribution in [1.29, 1.82) is 0 Å². The second-order valence-electron chi connectivity index (χ2n) is 7.61. The van der Waals surface area contributed by atoms with Crippen LogP contribution in [0.4, 0.5) is 0 Å². The molecule has 0 saturated carbocycles. The molecule has 1 saturated heterocycles. The first-order valence-electron chi connectivity index (χ1n) is 10.6. The van der Waals surface area contributed by atoms with Crippen LogP contribution in [0.5, 0.6) is 0 Å². The van der Waals surface area contributed by atoms with Crippen LogP contribution in [0.25, 0.3) is 0 Å². The third kappa shape index (κ3) is 8.23. The van der Waals surface area contributed by atoms with Gasteiger partial charge in [-0.15, -0.1) is 24.0 Å². The van der Waals surface area contributed by atoms with Gasteiger partial charge in [0.15, 0.2) is 5.96 Å². The summed E-state index contributed by atoms with van der Waals surface area (Å²) in [7, 11) is 3.77. The van der Waals surface area contributed by atoms with Crippen LogP contribution in [0, 0.1) is 0 Å². The zero-order valence-corrected chi connectivity index (χ0v) is 20.6. The summed E-state index contributed by atoms with van der Waals surface area (Å²) >= 11 is 0. The maximum atomic E-state index is 4.30. The van der Waals surface area contributed by atoms with Gasteiger partial charge in [-0.3, -0.25) is 14.6 Å². The fraction of sp³-hybridized carbons (Fsp3) is 0.545. The molecule has 1 aliphatic heterocycles. The van der Waals surface area contributed by atoms with E-state index in [4.69, 9.17) is 0 Å². The minimum atomic E-state index is 0. The molecule has 3 rings (SSSR count). The van der Waals surface area contributed by atoms with Gasteiger partial charge in [0.2, 0.25) is 0 Å². The smallest absolute Gasteiger partial charge is 0.191 e. The number of hydrogen-bond donors (Lipinski definition) is 2. The van der Waals surface area contributed by atoms with E-state index in [2.05, 4.69) is 60.9 Å². The van der Waals surface area contributed by atoms with Crippen molar-refractivity contribution < 1.29 is 0 Å². The van der Waals surface area contributed by atoms with Crippen molar-refractivity contribution in [3.05, 3.63) is 53.9 Å². The van der Waals surface area contributed by atoms with Gasteiger partial charge >= 0.3 is 0 Å². The molecule has 0 spiro atoms. The van der Waals surface area contributed by atoms with E-state index in [1.54, 1.807) is 0 Å². The molecule has 1 fully saturated rings. The van der Waals surface area contributed by atoms with Gasteiger partial charge in [0.1, 0.15) is 0 Å². The molecule has 0 aliphatic carbocycles. The summed E-state index contributed by atoms with van der Waals surface area (Å²) < 4.78 is 1.87. The summed E-state index contributed by atoms with van der Waals surface area (Å²) in [5, 5.41) is 10.9. The van der Waals surface area contributed by atoms with Crippen LogP contribution in [-0.4, -0.2) is 71.9 Å². The topological polar surface area (TPSA) is 60.7 Å². The van der Waals surface area contributed by atoms with Crippen LogP contribution in [0.1, 0.15) is 24.1 Å². The van der Waals surface area contributed by atoms with Crippen molar-refractivity contribution in [2.45, 2.75) is 25.9 Å². The molecular formula is C22H36IN7. The van der Waals surface area contributed by atoms with Crippen LogP contribution in [-0.2, 0) is 20.1 Å². The van der Waals surface area contributed by atoms with Crippen molar-refractivity contribution in [2.75, 3.05) is 46.3 Å². The van der Waals surface area contributed by atoms with Crippen LogP contribution < -0.4 is 10.6 Å². The first-order valence-corrected chi connectivity index (χ1v) is 10.6. The van der Waals surface area contributed by atoms with Crippen LogP contribution >= 0.6 is 24.0 Å². The number of aromatic nitrogens is 2. The molecule has 0 amide bonds. The summed E-state index contributed by atoms with van der Waals surface area (Å²) in [6.45, 7) is 8.60. The number of piperazine rings is 1. The summed E-state index contributed by atoms with van der Waals surface area (Å²) in [6.07, 6.45) is 4.18. The maximum Gasteiger partial charge on any atom is 0.191 e. The highest BCUT2D eigenvalue weighted by molar-refractivity contribution is 14.0. The maximum absolute atomic E-state index is 4.30. The Bertz CT molecular complexity index is 739. The lowest BCUT2D eigenvalue weighted by Crippen LogP contribution is -2.46. The Morgan fingerprint density at radius 2 is 1.73 bits per heavy atom. The molecule has 1 aromatic heterocycles. The van der Waals surface area contributed by atoms with Crippen LogP contribution in [0.15, 0.2) is 47.6 Å². The normalized spacial score (nSPS) is 15.6. The first-order chi connectivity index (χ1) is 14.2. The highest BCUT2D eigenvalue weighted by Gasteiger charge is 2.16. The molecule has 0 unspecified atom stereocenters. The zero-order valence-electron chi connectivity index (χ0n) is 18.3. The number of guanidine groups is 1. The van der Waals surface area contributed by atoms with E-state index < -0.39 is 0 Å². The Morgan fingerprint density at radius 3 is 2.40 bits per heavy atom. The summed E-state index contributed by atoms with van der Waals surface area (Å²) in [4.78, 5) is 9.45. The summed E-state index contributed by atoms with van der Waals surface area (Å²) in [5.74, 6) is 0.848. The third-order valence-electron chi connectivity index (χ3n) is 5.49. The van der Waals surface area contributed by atoms with E-state index >= 15 is 0 Å². The Kier molecular flexibility index (Phi) is 11.2. The lowest BCUT2D eigenvalue weighted by Gasteiger charge is -2.34. The van der Waals surface area contributed by atoms with Crippen LogP contribution in [0.2, 0.25) is 0 Å². The van der Waals surface area contributed by atoms with Crippen LogP contribution in [0.3, 0.4) is 0 Å². The fourth-order valence-electron chi connectivity index (χ4n) is 3.65. The quantitative estimate of drug-likeness (QED) is 0.228. The minimum absolute atomic E-state index is 0. The molecule has 2 heterocycles. The number of aryl methyl sites for hydroxylation is 1. The molecule has 1 aromatic carbocycles. The standard InChI is InChI=1S/C22H35N7.HI/c1-23-22(25-18-21-10-12-26-27(21)2)24-11-6-7-13-28-14-16-29(17-15-28)19-20-8-4-3-5-9-20;/h3-5,8-10,12H,6-7,11,13-19H2,1-2H3,(H2,23,24,25);1H. The molecule has 30 heavy (non-hydrogen) atoms. The molecule has 0 bridgehead atoms. The van der Waals surface area contributed by atoms with E-state index in [-0.39, 0.29) is 24.0 Å². The van der Waals surface area contributed by atoms with Gasteiger partial charge in [-0.1, -0.05) is 30.3 Å². The minimum Gasteiger partial charge on any atom is -0.356 e. The van der Waals surface area contributed by atoms with E-state index in [1.165, 1.54) is 31.6 Å². The number of rotatable bonds is 9. The molecule has 0 atom stereocenters. The average Bonchev–Trinajstić information content (AvgIpc) is 3.17. The van der Waals surface area contributed by atoms with E-state index in [9.17, 15) is 0 Å². The van der Waals surface area contributed by atoms with Gasteiger partial charge in [0, 0.05) is 59.6 Å². The van der Waals surface area contributed by atoms with Gasteiger partial charge < -0.3 is 15.5 Å². The SMILES string of the molecule is CN=C(NCCCCN1CCN(Cc2ccccc2)CC1)NCc1ccnn1C.I. The van der Waals surface area contributed by atoms with Crippen molar-refractivity contribution in [2.24, 2.45) is 12.0 Å². The summed E-state index contributed by atoms with van der Waals surface area (Å²) in [6, 6.07) is 12.8. The molecular weight excluding hydrogens is 489 g/mol. The number of nitrogens with one attached hydrogen (secondary N) is 2. The predicted octanol–water partition coefficient (Wildman–Crippen LogP) is 2.30. The van der Waals surface area contributed by atoms with Crippen molar-refractivity contribution in [3.63, 3.8) is 0 Å². The monoisotopic (exact) mass is 525 g/mol. The number of aliphatic imine (C=N–C) groups is 1. The van der Waals surface area contributed by atoms with Crippen molar-refractivity contribution in [1.82, 2.24) is 30.2 Å². The second-order valence-corrected chi connectivity index (χ2v) is 7.61. The second kappa shape index (κ2) is 13.6. The molecule has 8 heteroatoms. The Labute approximate surface area is 197 Å². The molecule has 1 aliphatic rings. The zero-order chi connectivity index (χ0) is 20.3. The fourth-order valence-corrected chi connectivity index (χ4v) is 3.65. The highest BCUT2D eigenvalue weighted by Crippen LogP contribution is 2.09. The number of hydrogen-bond acceptors (Lipinski definition) is 4. The number of unbranched alkanes of at least 4 members (excludes halogenated alkanes) is 1. The van der Waals surface area contributed by atoms with Gasteiger partial charge in [-0.2, -0.15) is 5.10 Å². The first kappa shape index (κ1) is 24.6. The Balaban J connectivity index is 0.00000320. The van der Waals surface area contributed by atoms with Gasteiger partial charge in [-0.25, -0.2) is 0 Å². The van der Waals surface area contributed by atoms with E-state index in [0.29, 0.717) is 0 Å². The van der Waals surface area contributed by atoms with Gasteiger partial charge in [0.05, 0.1) is 12.2 Å². The third-order valence-corrected chi connectivity index (χ3v) is 5.49. The summed E-state index contributed by atoms with van der Waals surface area (Å²) in [5.41, 5.74) is 2.55. The largest absolute Gasteiger partial charge is 0.356 e. The lowest BCUT2D eigenvalue weighted by atomic mass is 10.2. The van der Waals surface area contributed by atoms with E-state index in [0.717, 1.165) is 50.8 Å². The number of benzene rings is 1. The molecule has 7 nitrogen and oxygen atoms in total. The van der Waals surface area contributed by atoms with Crippen molar-refractivity contribution >= 4 is 29.9 Å². The van der Waals surface area contributed by atoms with E-state index in [1.807, 2.05) is 31.0 Å². The van der Waals surface area contributed by atoms with Gasteiger partial charge in [-0.05, 0) is 31.0 Å². The lowest BCUT2D eigenvalue weighted by molar-refractivity contribution is 0.126. The predicted molar refractivity (Wildman–Crippen MR) is 134 cm³/mol. The molecule has 2 N–H and O–H groups in total.